The number of fused-ring (bicyclic) bond motifs is 2. The zero-order chi connectivity index (χ0) is 23.5. The Morgan fingerprint density at radius 3 is 2.15 bits per heavy atom. The molecular formula is C28H26N4O2. The van der Waals surface area contributed by atoms with E-state index in [2.05, 4.69) is 22.8 Å². The fourth-order valence-corrected chi connectivity index (χ4v) is 4.06. The fraction of sp³-hybridized carbons (Fsp3) is 0.143. The van der Waals surface area contributed by atoms with Crippen molar-refractivity contribution in [3.63, 3.8) is 0 Å². The molecule has 0 unspecified atom stereocenters. The first-order chi connectivity index (χ1) is 16.6. The molecule has 0 atom stereocenters. The molecule has 0 fully saturated rings. The van der Waals surface area contributed by atoms with Crippen LogP contribution in [0.5, 0.6) is 11.5 Å². The molecule has 0 radical (unpaired) electrons. The summed E-state index contributed by atoms with van der Waals surface area (Å²) in [6.45, 7) is 1.21. The predicted molar refractivity (Wildman–Crippen MR) is 135 cm³/mol. The first-order valence-corrected chi connectivity index (χ1v) is 11.1. The van der Waals surface area contributed by atoms with Gasteiger partial charge in [-0.1, -0.05) is 36.4 Å². The van der Waals surface area contributed by atoms with E-state index in [9.17, 15) is 0 Å². The molecule has 6 heteroatoms. The summed E-state index contributed by atoms with van der Waals surface area (Å²) in [6, 6.07) is 28.1. The first kappa shape index (κ1) is 21.5. The van der Waals surface area contributed by atoms with Gasteiger partial charge in [0, 0.05) is 6.54 Å². The van der Waals surface area contributed by atoms with E-state index >= 15 is 0 Å². The molecule has 0 aromatic heterocycles. The van der Waals surface area contributed by atoms with Crippen LogP contribution >= 0.6 is 0 Å². The molecular weight excluding hydrogens is 424 g/mol. The number of aromatic nitrogens is 2. The first-order valence-electron chi connectivity index (χ1n) is 11.1. The van der Waals surface area contributed by atoms with Crippen molar-refractivity contribution in [1.29, 1.82) is 0 Å². The van der Waals surface area contributed by atoms with Crippen LogP contribution in [-0.4, -0.2) is 23.8 Å². The van der Waals surface area contributed by atoms with E-state index in [0.717, 1.165) is 50.4 Å². The largest absolute Gasteiger partial charge is 0.497 e. The minimum Gasteiger partial charge on any atom is -0.497 e. The second kappa shape index (κ2) is 9.27. The second-order valence-corrected chi connectivity index (χ2v) is 8.10. The summed E-state index contributed by atoms with van der Waals surface area (Å²) >= 11 is 0. The number of ether oxygens (including phenoxy) is 2. The summed E-state index contributed by atoms with van der Waals surface area (Å²) in [5, 5.41) is 0.754. The van der Waals surface area contributed by atoms with E-state index in [-0.39, 0.29) is 0 Å². The molecule has 1 aliphatic carbocycles. The highest BCUT2D eigenvalue weighted by Gasteiger charge is 2.14. The molecule has 0 spiro atoms. The van der Waals surface area contributed by atoms with E-state index in [1.165, 1.54) is 0 Å². The van der Waals surface area contributed by atoms with Crippen molar-refractivity contribution < 1.29 is 9.47 Å². The van der Waals surface area contributed by atoms with E-state index < -0.39 is 0 Å². The van der Waals surface area contributed by atoms with Gasteiger partial charge in [0.1, 0.15) is 11.5 Å². The van der Waals surface area contributed by atoms with Gasteiger partial charge in [0.2, 0.25) is 0 Å². The van der Waals surface area contributed by atoms with Crippen LogP contribution in [0.25, 0.3) is 22.4 Å². The molecule has 34 heavy (non-hydrogen) atoms. The van der Waals surface area contributed by atoms with Crippen LogP contribution in [0.15, 0.2) is 89.9 Å². The number of hydrogen-bond acceptors (Lipinski definition) is 5. The van der Waals surface area contributed by atoms with Crippen LogP contribution in [0.3, 0.4) is 0 Å². The van der Waals surface area contributed by atoms with Crippen LogP contribution in [-0.2, 0) is 13.1 Å². The highest BCUT2D eigenvalue weighted by Crippen LogP contribution is 2.27. The van der Waals surface area contributed by atoms with Crippen LogP contribution in [0.1, 0.15) is 11.1 Å². The maximum Gasteiger partial charge on any atom is 0.118 e. The molecule has 0 amide bonds. The number of methoxy groups -OCH3 is 2. The number of benzene rings is 4. The average molecular weight is 451 g/mol. The van der Waals surface area contributed by atoms with Crippen molar-refractivity contribution in [2.75, 3.05) is 20.0 Å². The fourth-order valence-electron chi connectivity index (χ4n) is 4.06. The molecule has 3 aromatic rings. The van der Waals surface area contributed by atoms with E-state index in [1.807, 2.05) is 66.7 Å². The molecule has 1 aliphatic heterocycles. The van der Waals surface area contributed by atoms with Crippen molar-refractivity contribution in [1.82, 2.24) is 9.55 Å². The van der Waals surface area contributed by atoms with Gasteiger partial charge < -0.3 is 19.8 Å². The van der Waals surface area contributed by atoms with Crippen molar-refractivity contribution in [2.24, 2.45) is 4.99 Å². The molecule has 0 saturated carbocycles. The summed E-state index contributed by atoms with van der Waals surface area (Å²) in [4.78, 5) is 9.68. The molecule has 1 heterocycles. The van der Waals surface area contributed by atoms with E-state index in [4.69, 9.17) is 25.2 Å². The van der Waals surface area contributed by atoms with Crippen molar-refractivity contribution in [3.8, 4) is 22.9 Å². The van der Waals surface area contributed by atoms with Crippen LogP contribution in [0.2, 0.25) is 0 Å². The number of nitrogens with two attached hydrogens (primary N) is 1. The van der Waals surface area contributed by atoms with Crippen molar-refractivity contribution in [3.05, 3.63) is 101 Å². The SMILES string of the molecule is COc1ccc(CN=c2cc3n(Cc4ccc(OC)cc4)c4ccccc4nc-3cc2N)cc1. The number of anilines is 1. The Kier molecular flexibility index (Phi) is 5.87. The third-order valence-corrected chi connectivity index (χ3v) is 5.92. The van der Waals surface area contributed by atoms with Crippen molar-refractivity contribution in [2.45, 2.75) is 13.1 Å². The molecule has 6 nitrogen and oxygen atoms in total. The molecule has 170 valence electrons. The van der Waals surface area contributed by atoms with Gasteiger partial charge in [-0.15, -0.1) is 0 Å². The van der Waals surface area contributed by atoms with Gasteiger partial charge >= 0.3 is 0 Å². The van der Waals surface area contributed by atoms with Gasteiger partial charge in [-0.2, -0.15) is 0 Å². The number of rotatable bonds is 6. The molecule has 3 aromatic carbocycles. The smallest absolute Gasteiger partial charge is 0.118 e. The lowest BCUT2D eigenvalue weighted by atomic mass is 10.1. The summed E-state index contributed by atoms with van der Waals surface area (Å²) in [7, 11) is 3.34. The minimum absolute atomic E-state index is 0.527. The Hall–Kier alpha value is -4.32. The second-order valence-electron chi connectivity index (χ2n) is 8.10. The molecule has 2 N–H and O–H groups in total. The predicted octanol–water partition coefficient (Wildman–Crippen LogP) is 4.89. The topological polar surface area (TPSA) is 74.7 Å². The van der Waals surface area contributed by atoms with Gasteiger partial charge in [0.25, 0.3) is 0 Å². The number of hydrogen-bond donors (Lipinski definition) is 1. The van der Waals surface area contributed by atoms with Crippen LogP contribution < -0.4 is 20.6 Å². The number of nitrogens with zero attached hydrogens (tertiary/aromatic N) is 3. The molecule has 0 saturated heterocycles. The highest BCUT2D eigenvalue weighted by molar-refractivity contribution is 5.81. The van der Waals surface area contributed by atoms with Crippen molar-refractivity contribution >= 4 is 16.7 Å². The number of nitrogen functional groups attached to an aromatic ring is 1. The summed E-state index contributed by atoms with van der Waals surface area (Å²) in [5.41, 5.74) is 13.1. The lowest BCUT2D eigenvalue weighted by Gasteiger charge is -2.19. The zero-order valence-electron chi connectivity index (χ0n) is 19.2. The third-order valence-electron chi connectivity index (χ3n) is 5.92. The van der Waals surface area contributed by atoms with E-state index in [0.29, 0.717) is 18.8 Å². The molecule has 5 rings (SSSR count). The minimum atomic E-state index is 0.527. The summed E-state index contributed by atoms with van der Waals surface area (Å²) in [5.74, 6) is 1.66. The van der Waals surface area contributed by atoms with Crippen LogP contribution in [0, 0.1) is 0 Å². The van der Waals surface area contributed by atoms with Gasteiger partial charge in [0.15, 0.2) is 0 Å². The third kappa shape index (κ3) is 4.30. The van der Waals surface area contributed by atoms with Gasteiger partial charge in [-0.3, -0.25) is 4.99 Å². The molecule has 2 aliphatic rings. The summed E-state index contributed by atoms with van der Waals surface area (Å²) < 4.78 is 12.8. The Bertz CT molecular complexity index is 1470. The lowest BCUT2D eigenvalue weighted by molar-refractivity contribution is 0.414. The number of para-hydroxylation sites is 2. The monoisotopic (exact) mass is 450 g/mol. The summed E-state index contributed by atoms with van der Waals surface area (Å²) in [6.07, 6.45) is 0. The van der Waals surface area contributed by atoms with Gasteiger partial charge in [-0.05, 0) is 59.7 Å². The maximum absolute atomic E-state index is 6.40. The Balaban J connectivity index is 1.61. The Morgan fingerprint density at radius 1 is 0.824 bits per heavy atom. The van der Waals surface area contributed by atoms with Gasteiger partial charge in [-0.25, -0.2) is 4.98 Å². The van der Waals surface area contributed by atoms with Gasteiger partial charge in [0.05, 0.1) is 54.2 Å². The zero-order valence-corrected chi connectivity index (χ0v) is 19.2. The quantitative estimate of drug-likeness (QED) is 0.295. The normalized spacial score (nSPS) is 11.8. The Morgan fingerprint density at radius 2 is 1.47 bits per heavy atom. The lowest BCUT2D eigenvalue weighted by Crippen LogP contribution is -2.16. The standard InChI is InChI=1S/C28H26N4O2/c1-33-21-11-7-19(8-12-21)17-30-25-16-28-26(15-23(25)29)31-24-5-3-4-6-27(24)32(28)18-20-9-13-22(34-2)14-10-20/h3-16H,17-18,29H2,1-2H3. The van der Waals surface area contributed by atoms with E-state index in [1.54, 1.807) is 14.2 Å². The maximum atomic E-state index is 6.40. The highest BCUT2D eigenvalue weighted by atomic mass is 16.5. The Labute approximate surface area is 198 Å². The molecule has 0 bridgehead atoms. The van der Waals surface area contributed by atoms with Crippen LogP contribution in [0.4, 0.5) is 5.69 Å². The average Bonchev–Trinajstić information content (AvgIpc) is 2.88.